The normalized spacial score (nSPS) is 10.8. The number of carbonyl (C=O) groups is 1. The van der Waals surface area contributed by atoms with Crippen molar-refractivity contribution in [3.05, 3.63) is 46.6 Å². The number of aromatic carboxylic acids is 1. The van der Waals surface area contributed by atoms with Gasteiger partial charge in [0, 0.05) is 4.90 Å². The van der Waals surface area contributed by atoms with E-state index in [1.165, 1.54) is 18.1 Å². The van der Waals surface area contributed by atoms with Crippen molar-refractivity contribution in [1.29, 1.82) is 0 Å². The molecule has 0 atom stereocenters. The number of carboxylic acids is 1. The van der Waals surface area contributed by atoms with Gasteiger partial charge in [0.15, 0.2) is 0 Å². The minimum atomic E-state index is -1.04. The van der Waals surface area contributed by atoms with Gasteiger partial charge in [0.1, 0.15) is 11.4 Å². The number of nitrogens with zero attached hydrogens (tertiary/aromatic N) is 2. The van der Waals surface area contributed by atoms with E-state index in [0.29, 0.717) is 0 Å². The fourth-order valence-corrected chi connectivity index (χ4v) is 3.71. The SMILES string of the molecule is O=C(O)c1cc(Sc2ncnc3ccsc23)ccc1Cl. The summed E-state index contributed by atoms with van der Waals surface area (Å²) in [7, 11) is 0. The molecule has 7 heteroatoms. The molecule has 0 aliphatic rings. The van der Waals surface area contributed by atoms with E-state index in [1.807, 2.05) is 11.4 Å². The highest BCUT2D eigenvalue weighted by Crippen LogP contribution is 2.35. The predicted octanol–water partition coefficient (Wildman–Crippen LogP) is 4.19. The number of hydrogen-bond acceptors (Lipinski definition) is 5. The van der Waals surface area contributed by atoms with Crippen molar-refractivity contribution in [3.63, 3.8) is 0 Å². The van der Waals surface area contributed by atoms with Crippen molar-refractivity contribution >= 4 is 50.9 Å². The summed E-state index contributed by atoms with van der Waals surface area (Å²) in [5, 5.41) is 12.1. The Hall–Kier alpha value is -1.63. The lowest BCUT2D eigenvalue weighted by Crippen LogP contribution is -1.97. The third-order valence-electron chi connectivity index (χ3n) is 2.59. The molecule has 0 unspecified atom stereocenters. The molecular formula is C13H7ClN2O2S2. The smallest absolute Gasteiger partial charge is 0.337 e. The van der Waals surface area contributed by atoms with E-state index in [1.54, 1.807) is 29.5 Å². The molecular weight excluding hydrogens is 316 g/mol. The van der Waals surface area contributed by atoms with Gasteiger partial charge >= 0.3 is 5.97 Å². The topological polar surface area (TPSA) is 63.1 Å². The molecule has 0 radical (unpaired) electrons. The van der Waals surface area contributed by atoms with Crippen molar-refractivity contribution in [1.82, 2.24) is 9.97 Å². The molecule has 0 aliphatic carbocycles. The summed E-state index contributed by atoms with van der Waals surface area (Å²) in [6, 6.07) is 6.84. The molecule has 20 heavy (non-hydrogen) atoms. The maximum Gasteiger partial charge on any atom is 0.337 e. The van der Waals surface area contributed by atoms with Gasteiger partial charge in [0.25, 0.3) is 0 Å². The fourth-order valence-electron chi connectivity index (χ4n) is 1.68. The molecule has 0 saturated heterocycles. The first-order chi connectivity index (χ1) is 9.65. The molecule has 3 aromatic rings. The average molecular weight is 323 g/mol. The first kappa shape index (κ1) is 13.4. The number of halogens is 1. The maximum absolute atomic E-state index is 11.1. The lowest BCUT2D eigenvalue weighted by atomic mass is 10.2. The number of hydrogen-bond donors (Lipinski definition) is 1. The van der Waals surface area contributed by atoms with E-state index in [9.17, 15) is 4.79 Å². The van der Waals surface area contributed by atoms with Crippen molar-refractivity contribution in [2.75, 3.05) is 0 Å². The second-order valence-electron chi connectivity index (χ2n) is 3.86. The minimum Gasteiger partial charge on any atom is -0.478 e. The predicted molar refractivity (Wildman–Crippen MR) is 79.9 cm³/mol. The van der Waals surface area contributed by atoms with Crippen LogP contribution in [-0.2, 0) is 0 Å². The van der Waals surface area contributed by atoms with Crippen LogP contribution in [0, 0.1) is 0 Å². The molecule has 0 fully saturated rings. The highest BCUT2D eigenvalue weighted by molar-refractivity contribution is 7.99. The Bertz CT molecular complexity index is 804. The monoisotopic (exact) mass is 322 g/mol. The first-order valence-corrected chi connectivity index (χ1v) is 7.61. The number of carboxylic acid groups (broad SMARTS) is 1. The van der Waals surface area contributed by atoms with E-state index in [2.05, 4.69) is 9.97 Å². The number of rotatable bonds is 3. The number of benzene rings is 1. The summed E-state index contributed by atoms with van der Waals surface area (Å²) in [5.74, 6) is -1.04. The van der Waals surface area contributed by atoms with E-state index in [4.69, 9.17) is 16.7 Å². The molecule has 1 N–H and O–H groups in total. The molecule has 0 bridgehead atoms. The second-order valence-corrected chi connectivity index (χ2v) is 6.25. The van der Waals surface area contributed by atoms with Crippen LogP contribution < -0.4 is 0 Å². The molecule has 0 amide bonds. The molecule has 0 saturated carbocycles. The zero-order chi connectivity index (χ0) is 14.1. The third-order valence-corrected chi connectivity index (χ3v) is 4.95. The quantitative estimate of drug-likeness (QED) is 0.732. The lowest BCUT2D eigenvalue weighted by molar-refractivity contribution is 0.0697. The van der Waals surface area contributed by atoms with Crippen molar-refractivity contribution in [2.24, 2.45) is 0 Å². The Morgan fingerprint density at radius 2 is 2.15 bits per heavy atom. The molecule has 0 spiro atoms. The van der Waals surface area contributed by atoms with Crippen LogP contribution in [0.3, 0.4) is 0 Å². The van der Waals surface area contributed by atoms with Gasteiger partial charge in [-0.1, -0.05) is 23.4 Å². The zero-order valence-corrected chi connectivity index (χ0v) is 12.3. The third kappa shape index (κ3) is 2.49. The van der Waals surface area contributed by atoms with Gasteiger partial charge in [0.05, 0.1) is 20.8 Å². The van der Waals surface area contributed by atoms with Crippen LogP contribution in [-0.4, -0.2) is 21.0 Å². The van der Waals surface area contributed by atoms with Gasteiger partial charge in [-0.15, -0.1) is 11.3 Å². The Balaban J connectivity index is 2.01. The minimum absolute atomic E-state index is 0.0909. The van der Waals surface area contributed by atoms with E-state index in [0.717, 1.165) is 20.1 Å². The van der Waals surface area contributed by atoms with Crippen LogP contribution in [0.1, 0.15) is 10.4 Å². The molecule has 2 aromatic heterocycles. The van der Waals surface area contributed by atoms with Crippen LogP contribution in [0.5, 0.6) is 0 Å². The zero-order valence-electron chi connectivity index (χ0n) is 9.91. The lowest BCUT2D eigenvalue weighted by Gasteiger charge is -2.04. The van der Waals surface area contributed by atoms with Crippen LogP contribution in [0.25, 0.3) is 10.2 Å². The second kappa shape index (κ2) is 5.40. The van der Waals surface area contributed by atoms with Crippen LogP contribution in [0.2, 0.25) is 5.02 Å². The Labute approximate surface area is 127 Å². The van der Waals surface area contributed by atoms with Crippen molar-refractivity contribution in [2.45, 2.75) is 9.92 Å². The molecule has 4 nitrogen and oxygen atoms in total. The van der Waals surface area contributed by atoms with Crippen LogP contribution >= 0.6 is 34.7 Å². The van der Waals surface area contributed by atoms with Crippen molar-refractivity contribution < 1.29 is 9.90 Å². The van der Waals surface area contributed by atoms with Gasteiger partial charge in [-0.05, 0) is 29.6 Å². The Morgan fingerprint density at radius 3 is 2.95 bits per heavy atom. The molecule has 2 heterocycles. The standard InChI is InChI=1S/C13H7ClN2O2S2/c14-9-2-1-7(5-8(9)13(17)18)20-12-11-10(3-4-19-11)15-6-16-12/h1-6H,(H,17,18). The molecule has 3 rings (SSSR count). The van der Waals surface area contributed by atoms with E-state index in [-0.39, 0.29) is 10.6 Å². The number of thiophene rings is 1. The highest BCUT2D eigenvalue weighted by atomic mass is 35.5. The van der Waals surface area contributed by atoms with Crippen LogP contribution in [0.15, 0.2) is 45.9 Å². The highest BCUT2D eigenvalue weighted by Gasteiger charge is 2.12. The van der Waals surface area contributed by atoms with E-state index >= 15 is 0 Å². The number of aromatic nitrogens is 2. The number of fused-ring (bicyclic) bond motifs is 1. The first-order valence-electron chi connectivity index (χ1n) is 5.54. The van der Waals surface area contributed by atoms with Gasteiger partial charge in [-0.3, -0.25) is 0 Å². The summed E-state index contributed by atoms with van der Waals surface area (Å²) in [5.41, 5.74) is 0.980. The fraction of sp³-hybridized carbons (Fsp3) is 0. The summed E-state index contributed by atoms with van der Waals surface area (Å²) in [4.78, 5) is 20.3. The van der Waals surface area contributed by atoms with Gasteiger partial charge < -0.3 is 5.11 Å². The summed E-state index contributed by atoms with van der Waals surface area (Å²) in [6.45, 7) is 0. The molecule has 0 aliphatic heterocycles. The van der Waals surface area contributed by atoms with Gasteiger partial charge in [0.2, 0.25) is 0 Å². The largest absolute Gasteiger partial charge is 0.478 e. The summed E-state index contributed by atoms with van der Waals surface area (Å²) >= 11 is 8.82. The van der Waals surface area contributed by atoms with Gasteiger partial charge in [-0.2, -0.15) is 0 Å². The van der Waals surface area contributed by atoms with E-state index < -0.39 is 5.97 Å². The average Bonchev–Trinajstić information content (AvgIpc) is 2.90. The van der Waals surface area contributed by atoms with Gasteiger partial charge in [-0.25, -0.2) is 14.8 Å². The summed E-state index contributed by atoms with van der Waals surface area (Å²) < 4.78 is 0.990. The van der Waals surface area contributed by atoms with Crippen molar-refractivity contribution in [3.8, 4) is 0 Å². The Morgan fingerprint density at radius 1 is 1.30 bits per heavy atom. The van der Waals surface area contributed by atoms with Crippen LogP contribution in [0.4, 0.5) is 0 Å². The maximum atomic E-state index is 11.1. The Kier molecular flexibility index (Phi) is 3.60. The molecule has 100 valence electrons. The molecule has 1 aromatic carbocycles. The summed E-state index contributed by atoms with van der Waals surface area (Å²) in [6.07, 6.45) is 1.51.